The monoisotopic (exact) mass is 366 g/mol. The highest BCUT2D eigenvalue weighted by Crippen LogP contribution is 2.10. The maximum atomic E-state index is 5.71. The summed E-state index contributed by atoms with van der Waals surface area (Å²) in [7, 11) is 1.77. The molecule has 0 amide bonds. The molecule has 3 aromatic rings. The standard InChI is InChI=1S/C20H26N6O/c1-16-8-10-17(11-9-16)27-15-13-23-20(21-2)22-12-5-7-19-25-24-18-6-3-4-14-26(18)19/h3-4,6,8-11,14H,5,7,12-13,15H2,1-2H3,(H2,21,22,23). The van der Waals surface area contributed by atoms with E-state index in [1.54, 1.807) is 7.05 Å². The SMILES string of the molecule is CN=C(NCCCc1nnc2ccccn12)NCCOc1ccc(C)cc1. The minimum Gasteiger partial charge on any atom is -0.492 e. The molecule has 142 valence electrons. The van der Waals surface area contributed by atoms with Gasteiger partial charge in [0.1, 0.15) is 18.2 Å². The van der Waals surface area contributed by atoms with Crippen LogP contribution >= 0.6 is 0 Å². The number of benzene rings is 1. The van der Waals surface area contributed by atoms with Crippen LogP contribution in [0.4, 0.5) is 0 Å². The van der Waals surface area contributed by atoms with E-state index in [2.05, 4.69) is 32.7 Å². The van der Waals surface area contributed by atoms with Crippen molar-refractivity contribution in [3.63, 3.8) is 0 Å². The number of hydrogen-bond donors (Lipinski definition) is 2. The summed E-state index contributed by atoms with van der Waals surface area (Å²) in [6, 6.07) is 14.0. The highest BCUT2D eigenvalue weighted by atomic mass is 16.5. The molecule has 0 aliphatic rings. The molecule has 2 aromatic heterocycles. The third-order valence-corrected chi connectivity index (χ3v) is 4.16. The first kappa shape index (κ1) is 18.7. The number of hydrogen-bond acceptors (Lipinski definition) is 4. The Morgan fingerprint density at radius 3 is 2.70 bits per heavy atom. The molecule has 0 bridgehead atoms. The van der Waals surface area contributed by atoms with Gasteiger partial charge in [0.05, 0.1) is 6.54 Å². The Morgan fingerprint density at radius 2 is 1.89 bits per heavy atom. The normalized spacial score (nSPS) is 11.6. The number of aryl methyl sites for hydroxylation is 2. The van der Waals surface area contributed by atoms with Crippen LogP contribution in [0.1, 0.15) is 17.8 Å². The second-order valence-electron chi connectivity index (χ2n) is 6.24. The number of aromatic nitrogens is 3. The summed E-state index contributed by atoms with van der Waals surface area (Å²) >= 11 is 0. The zero-order valence-electron chi connectivity index (χ0n) is 15.9. The van der Waals surface area contributed by atoms with Crippen molar-refractivity contribution >= 4 is 11.6 Å². The fourth-order valence-electron chi connectivity index (χ4n) is 2.71. The molecule has 0 saturated heterocycles. The first-order valence-corrected chi connectivity index (χ1v) is 9.19. The van der Waals surface area contributed by atoms with Gasteiger partial charge < -0.3 is 15.4 Å². The van der Waals surface area contributed by atoms with Gasteiger partial charge in [-0.15, -0.1) is 10.2 Å². The molecule has 7 heteroatoms. The molecule has 0 saturated carbocycles. The molecule has 0 atom stereocenters. The Balaban J connectivity index is 1.33. The predicted octanol–water partition coefficient (Wildman–Crippen LogP) is 2.21. The first-order valence-electron chi connectivity index (χ1n) is 9.19. The van der Waals surface area contributed by atoms with Crippen LogP contribution in [0, 0.1) is 6.92 Å². The van der Waals surface area contributed by atoms with Crippen LogP contribution < -0.4 is 15.4 Å². The molecule has 2 N–H and O–H groups in total. The fraction of sp³-hybridized carbons (Fsp3) is 0.350. The Kier molecular flexibility index (Phi) is 6.62. The second kappa shape index (κ2) is 9.56. The molecule has 0 aliphatic carbocycles. The van der Waals surface area contributed by atoms with Gasteiger partial charge in [-0.05, 0) is 37.6 Å². The van der Waals surface area contributed by atoms with Crippen molar-refractivity contribution in [1.82, 2.24) is 25.2 Å². The molecule has 0 unspecified atom stereocenters. The maximum Gasteiger partial charge on any atom is 0.191 e. The van der Waals surface area contributed by atoms with Crippen molar-refractivity contribution in [3.8, 4) is 5.75 Å². The molecule has 0 radical (unpaired) electrons. The highest BCUT2D eigenvalue weighted by molar-refractivity contribution is 5.79. The van der Waals surface area contributed by atoms with Crippen LogP contribution in [0.3, 0.4) is 0 Å². The summed E-state index contributed by atoms with van der Waals surface area (Å²) in [6.07, 6.45) is 3.79. The van der Waals surface area contributed by atoms with Gasteiger partial charge in [0.2, 0.25) is 0 Å². The number of nitrogens with zero attached hydrogens (tertiary/aromatic N) is 4. The maximum absolute atomic E-state index is 5.71. The van der Waals surface area contributed by atoms with Gasteiger partial charge in [-0.1, -0.05) is 23.8 Å². The van der Waals surface area contributed by atoms with E-state index in [4.69, 9.17) is 4.74 Å². The van der Waals surface area contributed by atoms with Gasteiger partial charge in [0, 0.05) is 26.2 Å². The summed E-state index contributed by atoms with van der Waals surface area (Å²) < 4.78 is 7.73. The van der Waals surface area contributed by atoms with Crippen molar-refractivity contribution in [1.29, 1.82) is 0 Å². The van der Waals surface area contributed by atoms with Crippen LogP contribution in [-0.2, 0) is 6.42 Å². The highest BCUT2D eigenvalue weighted by Gasteiger charge is 2.04. The minimum atomic E-state index is 0.579. The number of guanidine groups is 1. The molecule has 3 rings (SSSR count). The van der Waals surface area contributed by atoms with Crippen LogP contribution in [0.25, 0.3) is 5.65 Å². The van der Waals surface area contributed by atoms with Crippen molar-refractivity contribution in [2.24, 2.45) is 4.99 Å². The van der Waals surface area contributed by atoms with Crippen molar-refractivity contribution in [3.05, 3.63) is 60.0 Å². The molecular weight excluding hydrogens is 340 g/mol. The lowest BCUT2D eigenvalue weighted by Gasteiger charge is -2.12. The number of rotatable bonds is 8. The van der Waals surface area contributed by atoms with E-state index in [0.29, 0.717) is 13.2 Å². The van der Waals surface area contributed by atoms with Crippen molar-refractivity contribution in [2.75, 3.05) is 26.7 Å². The third kappa shape index (κ3) is 5.44. The lowest BCUT2D eigenvalue weighted by molar-refractivity contribution is 0.322. The summed E-state index contributed by atoms with van der Waals surface area (Å²) in [5.41, 5.74) is 2.11. The van der Waals surface area contributed by atoms with Gasteiger partial charge in [0.25, 0.3) is 0 Å². The van der Waals surface area contributed by atoms with Crippen LogP contribution in [0.2, 0.25) is 0 Å². The molecule has 0 spiro atoms. The Bertz CT molecular complexity index is 872. The molecule has 27 heavy (non-hydrogen) atoms. The predicted molar refractivity (Wildman–Crippen MR) is 107 cm³/mol. The lowest BCUT2D eigenvalue weighted by Crippen LogP contribution is -2.39. The van der Waals surface area contributed by atoms with E-state index in [-0.39, 0.29) is 0 Å². The van der Waals surface area contributed by atoms with Gasteiger partial charge in [-0.25, -0.2) is 0 Å². The number of nitrogens with one attached hydrogen (secondary N) is 2. The molecule has 2 heterocycles. The van der Waals surface area contributed by atoms with E-state index in [9.17, 15) is 0 Å². The van der Waals surface area contributed by atoms with E-state index in [1.807, 2.05) is 53.1 Å². The largest absolute Gasteiger partial charge is 0.492 e. The topological polar surface area (TPSA) is 75.8 Å². The van der Waals surface area contributed by atoms with E-state index in [1.165, 1.54) is 5.56 Å². The van der Waals surface area contributed by atoms with E-state index < -0.39 is 0 Å². The molecule has 0 fully saturated rings. The van der Waals surface area contributed by atoms with Gasteiger partial charge in [-0.3, -0.25) is 9.39 Å². The minimum absolute atomic E-state index is 0.579. The van der Waals surface area contributed by atoms with Gasteiger partial charge in [-0.2, -0.15) is 0 Å². The van der Waals surface area contributed by atoms with E-state index >= 15 is 0 Å². The smallest absolute Gasteiger partial charge is 0.191 e. The number of fused-ring (bicyclic) bond motifs is 1. The third-order valence-electron chi connectivity index (χ3n) is 4.16. The van der Waals surface area contributed by atoms with Gasteiger partial charge in [0.15, 0.2) is 11.6 Å². The summed E-state index contributed by atoms with van der Waals surface area (Å²) in [4.78, 5) is 4.23. The van der Waals surface area contributed by atoms with Crippen LogP contribution in [0.5, 0.6) is 5.75 Å². The Hall–Kier alpha value is -3.09. The summed E-state index contributed by atoms with van der Waals surface area (Å²) in [6.45, 7) is 4.13. The first-order chi connectivity index (χ1) is 13.3. The molecule has 1 aromatic carbocycles. The number of ether oxygens (including phenoxy) is 1. The van der Waals surface area contributed by atoms with Crippen molar-refractivity contribution < 1.29 is 4.74 Å². The van der Waals surface area contributed by atoms with Crippen LogP contribution in [0.15, 0.2) is 53.7 Å². The number of pyridine rings is 1. The summed E-state index contributed by atoms with van der Waals surface area (Å²) in [5.74, 6) is 2.63. The lowest BCUT2D eigenvalue weighted by atomic mass is 10.2. The molecular formula is C20H26N6O. The van der Waals surface area contributed by atoms with E-state index in [0.717, 1.165) is 42.6 Å². The Labute approximate surface area is 159 Å². The van der Waals surface area contributed by atoms with Gasteiger partial charge >= 0.3 is 0 Å². The quantitative estimate of drug-likeness (QED) is 0.363. The molecule has 0 aliphatic heterocycles. The zero-order valence-corrected chi connectivity index (χ0v) is 15.9. The van der Waals surface area contributed by atoms with Crippen LogP contribution in [-0.4, -0.2) is 47.3 Å². The average molecular weight is 366 g/mol. The second-order valence-corrected chi connectivity index (χ2v) is 6.24. The zero-order chi connectivity index (χ0) is 18.9. The molecule has 7 nitrogen and oxygen atoms in total. The Morgan fingerprint density at radius 1 is 1.07 bits per heavy atom. The fourth-order valence-corrected chi connectivity index (χ4v) is 2.71. The average Bonchev–Trinajstić information content (AvgIpc) is 3.11. The van der Waals surface area contributed by atoms with Crippen molar-refractivity contribution in [2.45, 2.75) is 19.8 Å². The number of aliphatic imine (C=N–C) groups is 1. The summed E-state index contributed by atoms with van der Waals surface area (Å²) in [5, 5.41) is 15.0.